The first-order valence-electron chi connectivity index (χ1n) is 6.64. The molecule has 3 rings (SSSR count). The Morgan fingerprint density at radius 3 is 2.95 bits per heavy atom. The highest BCUT2D eigenvalue weighted by molar-refractivity contribution is 7.88. The predicted molar refractivity (Wildman–Crippen MR) is 74.8 cm³/mol. The van der Waals surface area contributed by atoms with Gasteiger partial charge in [0.2, 0.25) is 0 Å². The predicted octanol–water partition coefficient (Wildman–Crippen LogP) is 1.20. The maximum Gasteiger partial charge on any atom is 0.332 e. The molecule has 1 atom stereocenters. The van der Waals surface area contributed by atoms with Crippen molar-refractivity contribution in [2.24, 2.45) is 0 Å². The first-order chi connectivity index (χ1) is 9.61. The van der Waals surface area contributed by atoms with Crippen LogP contribution in [0.1, 0.15) is 12.8 Å². The van der Waals surface area contributed by atoms with Crippen LogP contribution < -0.4 is 5.32 Å². The van der Waals surface area contributed by atoms with E-state index in [0.29, 0.717) is 24.2 Å². The van der Waals surface area contributed by atoms with E-state index in [4.69, 9.17) is 4.42 Å². The molecule has 0 spiro atoms. The Kier molecular flexibility index (Phi) is 3.49. The van der Waals surface area contributed by atoms with E-state index in [-0.39, 0.29) is 11.3 Å². The average Bonchev–Trinajstić information content (AvgIpc) is 2.92. The van der Waals surface area contributed by atoms with Gasteiger partial charge in [-0.15, -0.1) is 0 Å². The lowest BCUT2D eigenvalue weighted by Gasteiger charge is -2.30. The van der Waals surface area contributed by atoms with Crippen molar-refractivity contribution in [3.05, 3.63) is 24.3 Å². The molecular weight excluding hydrogens is 278 g/mol. The molecule has 1 aliphatic rings. The van der Waals surface area contributed by atoms with Gasteiger partial charge in [-0.2, -0.15) is 9.29 Å². The second-order valence-electron chi connectivity index (χ2n) is 4.94. The van der Waals surface area contributed by atoms with Crippen molar-refractivity contribution in [2.75, 3.05) is 20.1 Å². The Bertz CT molecular complexity index is 677. The van der Waals surface area contributed by atoms with E-state index in [0.717, 1.165) is 12.8 Å². The number of piperidine rings is 1. The fourth-order valence-electron chi connectivity index (χ4n) is 2.47. The molecule has 1 aromatic heterocycles. The molecule has 0 aliphatic carbocycles. The highest BCUT2D eigenvalue weighted by atomic mass is 32.2. The number of nitrogens with one attached hydrogen (secondary N) is 1. The fourth-order valence-corrected chi connectivity index (χ4v) is 3.84. The lowest BCUT2D eigenvalue weighted by molar-refractivity contribution is 0.285. The van der Waals surface area contributed by atoms with E-state index in [1.807, 2.05) is 7.05 Å². The summed E-state index contributed by atoms with van der Waals surface area (Å²) >= 11 is 0. The van der Waals surface area contributed by atoms with Gasteiger partial charge in [0, 0.05) is 19.1 Å². The maximum absolute atomic E-state index is 12.6. The van der Waals surface area contributed by atoms with Crippen molar-refractivity contribution in [3.8, 4) is 0 Å². The second-order valence-corrected chi connectivity index (χ2v) is 6.75. The molecule has 1 fully saturated rings. The molecular formula is C13H17N3O3S. The number of hydrogen-bond acceptors (Lipinski definition) is 5. The van der Waals surface area contributed by atoms with Gasteiger partial charge < -0.3 is 9.73 Å². The zero-order valence-electron chi connectivity index (χ0n) is 11.2. The number of nitrogens with zero attached hydrogens (tertiary/aromatic N) is 2. The minimum atomic E-state index is -3.65. The molecule has 0 radical (unpaired) electrons. The van der Waals surface area contributed by atoms with E-state index in [1.165, 1.54) is 4.31 Å². The standard InChI is InChI=1S/C13H17N3O3S/c1-14-10-5-4-8-16(9-10)20(17,18)13-15-11-6-2-3-7-12(11)19-13/h2-3,6-7,10,14H,4-5,8-9H2,1H3/t10-/m0/s1. The van der Waals surface area contributed by atoms with Gasteiger partial charge in [0.05, 0.1) is 0 Å². The van der Waals surface area contributed by atoms with Crippen LogP contribution >= 0.6 is 0 Å². The number of benzene rings is 1. The van der Waals surface area contributed by atoms with Gasteiger partial charge in [-0.1, -0.05) is 12.1 Å². The highest BCUT2D eigenvalue weighted by Gasteiger charge is 2.33. The third kappa shape index (κ3) is 2.32. The fraction of sp³-hybridized carbons (Fsp3) is 0.462. The Hall–Kier alpha value is -1.44. The number of rotatable bonds is 3. The normalized spacial score (nSPS) is 21.4. The molecule has 2 heterocycles. The van der Waals surface area contributed by atoms with Crippen molar-refractivity contribution in [3.63, 3.8) is 0 Å². The highest BCUT2D eigenvalue weighted by Crippen LogP contribution is 2.23. The topological polar surface area (TPSA) is 75.4 Å². The number of hydrogen-bond donors (Lipinski definition) is 1. The van der Waals surface area contributed by atoms with Gasteiger partial charge in [-0.05, 0) is 32.0 Å². The van der Waals surface area contributed by atoms with Gasteiger partial charge in [0.25, 0.3) is 10.0 Å². The van der Waals surface area contributed by atoms with Crippen LogP contribution in [0.25, 0.3) is 11.1 Å². The average molecular weight is 295 g/mol. The first kappa shape index (κ1) is 13.5. The summed E-state index contributed by atoms with van der Waals surface area (Å²) in [5.41, 5.74) is 1.06. The van der Waals surface area contributed by atoms with Crippen LogP contribution in [-0.2, 0) is 10.0 Å². The summed E-state index contributed by atoms with van der Waals surface area (Å²) in [6.45, 7) is 0.969. The first-order valence-corrected chi connectivity index (χ1v) is 8.08. The van der Waals surface area contributed by atoms with Crippen LogP contribution in [0.2, 0.25) is 0 Å². The minimum Gasteiger partial charge on any atom is -0.427 e. The van der Waals surface area contributed by atoms with Crippen LogP contribution in [0.15, 0.2) is 33.9 Å². The quantitative estimate of drug-likeness (QED) is 0.921. The maximum atomic E-state index is 12.6. The summed E-state index contributed by atoms with van der Waals surface area (Å²) in [6, 6.07) is 7.24. The summed E-state index contributed by atoms with van der Waals surface area (Å²) in [6.07, 6.45) is 1.82. The molecule has 0 bridgehead atoms. The number of fused-ring (bicyclic) bond motifs is 1. The van der Waals surface area contributed by atoms with Crippen LogP contribution in [0, 0.1) is 0 Å². The van der Waals surface area contributed by atoms with Gasteiger partial charge in [0.15, 0.2) is 5.58 Å². The van der Waals surface area contributed by atoms with E-state index in [1.54, 1.807) is 24.3 Å². The number of para-hydroxylation sites is 2. The van der Waals surface area contributed by atoms with Gasteiger partial charge in [-0.3, -0.25) is 0 Å². The SMILES string of the molecule is CN[C@H]1CCCN(S(=O)(=O)c2nc3ccccc3o2)C1. The van der Waals surface area contributed by atoms with Gasteiger partial charge in [0.1, 0.15) is 5.52 Å². The monoisotopic (exact) mass is 295 g/mol. The minimum absolute atomic E-state index is 0.183. The molecule has 0 saturated carbocycles. The van der Waals surface area contributed by atoms with E-state index in [9.17, 15) is 8.42 Å². The third-order valence-corrected chi connectivity index (χ3v) is 5.25. The smallest absolute Gasteiger partial charge is 0.332 e. The van der Waals surface area contributed by atoms with E-state index < -0.39 is 10.0 Å². The van der Waals surface area contributed by atoms with E-state index in [2.05, 4.69) is 10.3 Å². The molecule has 0 unspecified atom stereocenters. The van der Waals surface area contributed by atoms with Crippen LogP contribution in [0.5, 0.6) is 0 Å². The van der Waals surface area contributed by atoms with Crippen LogP contribution in [-0.4, -0.2) is 43.9 Å². The molecule has 0 amide bonds. The third-order valence-electron chi connectivity index (χ3n) is 3.63. The molecule has 1 saturated heterocycles. The summed E-state index contributed by atoms with van der Waals surface area (Å²) in [7, 11) is -1.80. The Morgan fingerprint density at radius 2 is 2.20 bits per heavy atom. The summed E-state index contributed by atoms with van der Waals surface area (Å²) in [5, 5.41) is 2.91. The van der Waals surface area contributed by atoms with E-state index >= 15 is 0 Å². The number of likely N-dealkylation sites (N-methyl/N-ethyl adjacent to an activating group) is 1. The van der Waals surface area contributed by atoms with Crippen molar-refractivity contribution < 1.29 is 12.8 Å². The van der Waals surface area contributed by atoms with Crippen molar-refractivity contribution in [1.29, 1.82) is 0 Å². The second kappa shape index (κ2) is 5.16. The summed E-state index contributed by atoms with van der Waals surface area (Å²) in [5.74, 6) is 0. The molecule has 6 nitrogen and oxygen atoms in total. The lowest BCUT2D eigenvalue weighted by atomic mass is 10.1. The molecule has 1 aromatic carbocycles. The molecule has 7 heteroatoms. The molecule has 1 aliphatic heterocycles. The molecule has 20 heavy (non-hydrogen) atoms. The van der Waals surface area contributed by atoms with Crippen LogP contribution in [0.3, 0.4) is 0 Å². The van der Waals surface area contributed by atoms with Crippen molar-refractivity contribution >= 4 is 21.1 Å². The molecule has 1 N–H and O–H groups in total. The zero-order chi connectivity index (χ0) is 14.2. The van der Waals surface area contributed by atoms with Crippen LogP contribution in [0.4, 0.5) is 0 Å². The Morgan fingerprint density at radius 1 is 1.40 bits per heavy atom. The lowest BCUT2D eigenvalue weighted by Crippen LogP contribution is -2.46. The number of aromatic nitrogens is 1. The van der Waals surface area contributed by atoms with Gasteiger partial charge in [-0.25, -0.2) is 8.42 Å². The van der Waals surface area contributed by atoms with Crippen molar-refractivity contribution in [2.45, 2.75) is 24.1 Å². The number of oxazole rings is 1. The zero-order valence-corrected chi connectivity index (χ0v) is 12.1. The Labute approximate surface area is 117 Å². The summed E-state index contributed by atoms with van der Waals surface area (Å²) in [4.78, 5) is 4.09. The summed E-state index contributed by atoms with van der Waals surface area (Å²) < 4.78 is 32.0. The largest absolute Gasteiger partial charge is 0.427 e. The Balaban J connectivity index is 1.94. The number of sulfonamides is 1. The molecule has 108 valence electrons. The van der Waals surface area contributed by atoms with Crippen molar-refractivity contribution in [1.82, 2.24) is 14.6 Å². The van der Waals surface area contributed by atoms with Gasteiger partial charge >= 0.3 is 5.22 Å². The molecule has 2 aromatic rings.